The van der Waals surface area contributed by atoms with Gasteiger partial charge < -0.3 is 19.9 Å². The molecule has 160 valence electrons. The first-order valence-electron chi connectivity index (χ1n) is 9.71. The summed E-state index contributed by atoms with van der Waals surface area (Å²) in [7, 11) is 2.03. The van der Waals surface area contributed by atoms with Crippen molar-refractivity contribution in [2.24, 2.45) is 0 Å². The highest BCUT2D eigenvalue weighted by Gasteiger charge is 2.21. The van der Waals surface area contributed by atoms with Crippen molar-refractivity contribution in [3.8, 4) is 5.75 Å². The zero-order valence-electron chi connectivity index (χ0n) is 17.3. The molecule has 0 saturated carbocycles. The van der Waals surface area contributed by atoms with E-state index in [0.717, 1.165) is 24.2 Å². The van der Waals surface area contributed by atoms with Crippen LogP contribution in [0.15, 0.2) is 30.3 Å². The average Bonchev–Trinajstić information content (AvgIpc) is 2.69. The normalized spacial score (nSPS) is 14.5. The van der Waals surface area contributed by atoms with E-state index in [1.54, 1.807) is 29.2 Å². The largest absolute Gasteiger partial charge is 0.482 e. The molecule has 1 N–H and O–H groups in total. The highest BCUT2D eigenvalue weighted by Crippen LogP contribution is 2.30. The van der Waals surface area contributed by atoms with E-state index in [1.807, 2.05) is 27.0 Å². The summed E-state index contributed by atoms with van der Waals surface area (Å²) in [5, 5.41) is 3.52. The van der Waals surface area contributed by atoms with Gasteiger partial charge >= 0.3 is 0 Å². The van der Waals surface area contributed by atoms with Crippen molar-refractivity contribution >= 4 is 40.7 Å². The molecule has 0 aromatic heterocycles. The van der Waals surface area contributed by atoms with Gasteiger partial charge in [-0.2, -0.15) is 0 Å². The quantitative estimate of drug-likeness (QED) is 0.748. The lowest BCUT2D eigenvalue weighted by Crippen LogP contribution is -2.47. The summed E-state index contributed by atoms with van der Waals surface area (Å²) in [6, 6.07) is 8.60. The van der Waals surface area contributed by atoms with Crippen LogP contribution in [0, 0.1) is 13.8 Å². The summed E-state index contributed by atoms with van der Waals surface area (Å²) in [5.41, 5.74) is 2.73. The third-order valence-corrected chi connectivity index (χ3v) is 5.61. The molecule has 0 bridgehead atoms. The molecule has 0 unspecified atom stereocenters. The molecule has 0 aliphatic carbocycles. The van der Waals surface area contributed by atoms with Crippen LogP contribution in [0.2, 0.25) is 10.0 Å². The van der Waals surface area contributed by atoms with Crippen LogP contribution in [0.1, 0.15) is 21.5 Å². The van der Waals surface area contributed by atoms with Gasteiger partial charge in [0.1, 0.15) is 5.75 Å². The number of anilines is 1. The summed E-state index contributed by atoms with van der Waals surface area (Å²) in [5.74, 6) is 0.00761. The van der Waals surface area contributed by atoms with Crippen LogP contribution in [0.3, 0.4) is 0 Å². The number of nitrogens with one attached hydrogen (secondary N) is 1. The Morgan fingerprint density at radius 1 is 1.03 bits per heavy atom. The molecule has 2 aromatic rings. The fourth-order valence-electron chi connectivity index (χ4n) is 3.36. The molecule has 2 amide bonds. The van der Waals surface area contributed by atoms with Gasteiger partial charge in [0.2, 0.25) is 0 Å². The van der Waals surface area contributed by atoms with Gasteiger partial charge in [0.25, 0.3) is 11.8 Å². The van der Waals surface area contributed by atoms with E-state index in [4.69, 9.17) is 27.9 Å². The molecule has 0 radical (unpaired) electrons. The molecule has 2 aromatic carbocycles. The minimum Gasteiger partial charge on any atom is -0.482 e. The van der Waals surface area contributed by atoms with E-state index < -0.39 is 5.91 Å². The molecule has 1 saturated heterocycles. The molecule has 1 fully saturated rings. The molecule has 1 aliphatic heterocycles. The highest BCUT2D eigenvalue weighted by molar-refractivity contribution is 6.34. The van der Waals surface area contributed by atoms with E-state index in [9.17, 15) is 9.59 Å². The highest BCUT2D eigenvalue weighted by atomic mass is 35.5. The Kier molecular flexibility index (Phi) is 7.23. The number of hydrogen-bond acceptors (Lipinski definition) is 4. The number of likely N-dealkylation sites (N-methyl/N-ethyl adjacent to an activating group) is 1. The zero-order chi connectivity index (χ0) is 21.8. The summed E-state index contributed by atoms with van der Waals surface area (Å²) in [6.45, 7) is 6.59. The predicted octanol–water partition coefficient (Wildman–Crippen LogP) is 4.02. The van der Waals surface area contributed by atoms with Crippen molar-refractivity contribution in [2.45, 2.75) is 13.8 Å². The lowest BCUT2D eigenvalue weighted by atomic mass is 10.1. The maximum absolute atomic E-state index is 12.8. The van der Waals surface area contributed by atoms with Gasteiger partial charge in [0.05, 0.1) is 15.7 Å². The number of ether oxygens (including phenoxy) is 1. The van der Waals surface area contributed by atoms with Crippen molar-refractivity contribution in [1.82, 2.24) is 9.80 Å². The SMILES string of the molecule is Cc1cc(C)c(OCC(=O)Nc2cc(C(=O)N3CCN(C)CC3)ccc2Cl)c(Cl)c1. The molecule has 6 nitrogen and oxygen atoms in total. The molecule has 30 heavy (non-hydrogen) atoms. The van der Waals surface area contributed by atoms with Crippen LogP contribution in [0.4, 0.5) is 5.69 Å². The minimum absolute atomic E-state index is 0.0754. The topological polar surface area (TPSA) is 61.9 Å². The van der Waals surface area contributed by atoms with Crippen LogP contribution in [0.5, 0.6) is 5.75 Å². The Hall–Kier alpha value is -2.28. The minimum atomic E-state index is -0.392. The van der Waals surface area contributed by atoms with Gasteiger partial charge in [-0.15, -0.1) is 0 Å². The second-order valence-electron chi connectivity index (χ2n) is 7.52. The van der Waals surface area contributed by atoms with Crippen LogP contribution in [0.25, 0.3) is 0 Å². The molecule has 1 heterocycles. The van der Waals surface area contributed by atoms with Crippen LogP contribution >= 0.6 is 23.2 Å². The van der Waals surface area contributed by atoms with Gasteiger partial charge in [0, 0.05) is 31.7 Å². The van der Waals surface area contributed by atoms with Gasteiger partial charge in [0.15, 0.2) is 6.61 Å². The first kappa shape index (κ1) is 22.4. The van der Waals surface area contributed by atoms with E-state index in [2.05, 4.69) is 10.2 Å². The molecule has 8 heteroatoms. The Morgan fingerprint density at radius 3 is 2.40 bits per heavy atom. The van der Waals surface area contributed by atoms with E-state index in [-0.39, 0.29) is 12.5 Å². The fourth-order valence-corrected chi connectivity index (χ4v) is 3.90. The third kappa shape index (κ3) is 5.45. The number of rotatable bonds is 5. The van der Waals surface area contributed by atoms with Gasteiger partial charge in [-0.1, -0.05) is 29.3 Å². The van der Waals surface area contributed by atoms with Gasteiger partial charge in [-0.3, -0.25) is 9.59 Å². The Bertz CT molecular complexity index is 934. The Balaban J connectivity index is 1.65. The standard InChI is InChI=1S/C22H25Cl2N3O3/c1-14-10-15(2)21(18(24)11-14)30-13-20(28)25-19-12-16(4-5-17(19)23)22(29)27-8-6-26(3)7-9-27/h4-5,10-12H,6-9,13H2,1-3H3,(H,25,28). The number of aryl methyl sites for hydroxylation is 2. The summed E-state index contributed by atoms with van der Waals surface area (Å²) < 4.78 is 5.61. The second kappa shape index (κ2) is 9.69. The number of nitrogens with zero attached hydrogens (tertiary/aromatic N) is 2. The second-order valence-corrected chi connectivity index (χ2v) is 8.33. The van der Waals surface area contributed by atoms with E-state index >= 15 is 0 Å². The van der Waals surface area contributed by atoms with E-state index in [0.29, 0.717) is 40.1 Å². The molecule has 0 atom stereocenters. The summed E-state index contributed by atoms with van der Waals surface area (Å²) in [4.78, 5) is 29.2. The lowest BCUT2D eigenvalue weighted by Gasteiger charge is -2.32. The van der Waals surface area contributed by atoms with Crippen LogP contribution in [-0.2, 0) is 4.79 Å². The maximum atomic E-state index is 12.8. The van der Waals surface area contributed by atoms with Crippen molar-refractivity contribution in [3.05, 3.63) is 57.1 Å². The van der Waals surface area contributed by atoms with Crippen molar-refractivity contribution in [3.63, 3.8) is 0 Å². The van der Waals surface area contributed by atoms with Crippen LogP contribution < -0.4 is 10.1 Å². The monoisotopic (exact) mass is 449 g/mol. The first-order valence-corrected chi connectivity index (χ1v) is 10.5. The maximum Gasteiger partial charge on any atom is 0.262 e. The third-order valence-electron chi connectivity index (χ3n) is 5.00. The number of halogens is 2. The molecular weight excluding hydrogens is 425 g/mol. The van der Waals surface area contributed by atoms with Gasteiger partial charge in [-0.25, -0.2) is 0 Å². The van der Waals surface area contributed by atoms with Gasteiger partial charge in [-0.05, 0) is 56.3 Å². The number of benzene rings is 2. The van der Waals surface area contributed by atoms with E-state index in [1.165, 1.54) is 0 Å². The summed E-state index contributed by atoms with van der Waals surface area (Å²) in [6.07, 6.45) is 0. The number of piperazine rings is 1. The number of carbonyl (C=O) groups excluding carboxylic acids is 2. The number of amides is 2. The zero-order valence-corrected chi connectivity index (χ0v) is 18.8. The average molecular weight is 450 g/mol. The smallest absolute Gasteiger partial charge is 0.262 e. The molecule has 0 spiro atoms. The molecule has 3 rings (SSSR count). The Morgan fingerprint density at radius 2 is 1.73 bits per heavy atom. The lowest BCUT2D eigenvalue weighted by molar-refractivity contribution is -0.118. The number of hydrogen-bond donors (Lipinski definition) is 1. The predicted molar refractivity (Wildman–Crippen MR) is 120 cm³/mol. The van der Waals surface area contributed by atoms with Crippen LogP contribution in [-0.4, -0.2) is 61.4 Å². The summed E-state index contributed by atoms with van der Waals surface area (Å²) >= 11 is 12.4. The molecule has 1 aliphatic rings. The van der Waals surface area contributed by atoms with Crippen molar-refractivity contribution in [1.29, 1.82) is 0 Å². The Labute approximate surface area is 186 Å². The number of carbonyl (C=O) groups is 2. The molecular formula is C22H25Cl2N3O3. The first-order chi connectivity index (χ1) is 14.2. The fraction of sp³-hybridized carbons (Fsp3) is 0.364. The van der Waals surface area contributed by atoms with Crippen molar-refractivity contribution < 1.29 is 14.3 Å². The van der Waals surface area contributed by atoms with Crippen molar-refractivity contribution in [2.75, 3.05) is 45.2 Å².